The van der Waals surface area contributed by atoms with Crippen molar-refractivity contribution >= 4 is 10.0 Å². The van der Waals surface area contributed by atoms with Gasteiger partial charge in [-0.25, -0.2) is 13.1 Å². The molecule has 0 atom stereocenters. The normalized spacial score (nSPS) is 12.6. The summed E-state index contributed by atoms with van der Waals surface area (Å²) in [5.74, 6) is 0.128. The van der Waals surface area contributed by atoms with Crippen molar-refractivity contribution in [3.63, 3.8) is 0 Å². The van der Waals surface area contributed by atoms with Gasteiger partial charge in [-0.2, -0.15) is 0 Å². The molecule has 0 aromatic heterocycles. The molecule has 0 aromatic carbocycles. The molecule has 16 heavy (non-hydrogen) atoms. The van der Waals surface area contributed by atoms with Crippen molar-refractivity contribution in [3.05, 3.63) is 0 Å². The van der Waals surface area contributed by atoms with Crippen molar-refractivity contribution in [1.29, 1.82) is 0 Å². The van der Waals surface area contributed by atoms with E-state index >= 15 is 0 Å². The largest absolute Gasteiger partial charge is 0.330 e. The van der Waals surface area contributed by atoms with Crippen molar-refractivity contribution in [1.82, 2.24) is 9.62 Å². The average molecular weight is 251 g/mol. The van der Waals surface area contributed by atoms with E-state index < -0.39 is 10.0 Å². The van der Waals surface area contributed by atoms with E-state index in [9.17, 15) is 8.42 Å². The summed E-state index contributed by atoms with van der Waals surface area (Å²) in [5.41, 5.74) is 5.26. The molecule has 0 saturated carbocycles. The van der Waals surface area contributed by atoms with Gasteiger partial charge < -0.3 is 10.6 Å². The maximum atomic E-state index is 11.4. The van der Waals surface area contributed by atoms with Crippen LogP contribution in [-0.2, 0) is 10.0 Å². The van der Waals surface area contributed by atoms with Crippen LogP contribution in [0.2, 0.25) is 0 Å². The first kappa shape index (κ1) is 15.8. The lowest BCUT2D eigenvalue weighted by Crippen LogP contribution is -2.32. The Morgan fingerprint density at radius 1 is 1.31 bits per heavy atom. The zero-order chi connectivity index (χ0) is 12.6. The molecule has 0 amide bonds. The van der Waals surface area contributed by atoms with Gasteiger partial charge in [0.2, 0.25) is 10.0 Å². The second kappa shape index (κ2) is 8.00. The zero-order valence-electron chi connectivity index (χ0n) is 10.6. The number of sulfonamides is 1. The molecule has 0 bridgehead atoms. The van der Waals surface area contributed by atoms with Gasteiger partial charge in [0.25, 0.3) is 0 Å². The van der Waals surface area contributed by atoms with Crippen molar-refractivity contribution < 1.29 is 8.42 Å². The molecule has 0 heterocycles. The molecule has 0 rings (SSSR count). The molecule has 0 aromatic rings. The van der Waals surface area contributed by atoms with Gasteiger partial charge in [0.05, 0.1) is 5.75 Å². The minimum atomic E-state index is -3.11. The van der Waals surface area contributed by atoms with Gasteiger partial charge in [0.15, 0.2) is 0 Å². The summed E-state index contributed by atoms with van der Waals surface area (Å²) < 4.78 is 25.4. The lowest BCUT2D eigenvalue weighted by Gasteiger charge is -2.20. The van der Waals surface area contributed by atoms with Crippen LogP contribution in [0, 0.1) is 0 Å². The van der Waals surface area contributed by atoms with Gasteiger partial charge in [-0.05, 0) is 46.8 Å². The van der Waals surface area contributed by atoms with Crippen LogP contribution in [0.3, 0.4) is 0 Å². The van der Waals surface area contributed by atoms with E-state index in [1.807, 2.05) is 7.05 Å². The molecule has 0 unspecified atom stereocenters. The summed E-state index contributed by atoms with van der Waals surface area (Å²) in [5, 5.41) is 0. The third-order valence-corrected chi connectivity index (χ3v) is 3.98. The van der Waals surface area contributed by atoms with Crippen LogP contribution in [0.5, 0.6) is 0 Å². The van der Waals surface area contributed by atoms with Gasteiger partial charge in [-0.3, -0.25) is 0 Å². The Hall–Kier alpha value is -0.170. The zero-order valence-corrected chi connectivity index (χ0v) is 11.4. The first-order chi connectivity index (χ1) is 7.39. The molecule has 3 N–H and O–H groups in total. The average Bonchev–Trinajstić information content (AvgIpc) is 2.21. The molecule has 0 saturated heterocycles. The van der Waals surface area contributed by atoms with Crippen molar-refractivity contribution in [2.24, 2.45) is 5.73 Å². The maximum absolute atomic E-state index is 11.4. The summed E-state index contributed by atoms with van der Waals surface area (Å²) in [6.07, 6.45) is 1.35. The maximum Gasteiger partial charge on any atom is 0.211 e. The van der Waals surface area contributed by atoms with Crippen LogP contribution in [-0.4, -0.2) is 51.8 Å². The van der Waals surface area contributed by atoms with E-state index in [0.29, 0.717) is 25.6 Å². The van der Waals surface area contributed by atoms with Gasteiger partial charge in [0, 0.05) is 12.6 Å². The van der Waals surface area contributed by atoms with Gasteiger partial charge >= 0.3 is 0 Å². The molecule has 0 spiro atoms. The van der Waals surface area contributed by atoms with Crippen LogP contribution in [0.15, 0.2) is 0 Å². The Morgan fingerprint density at radius 3 is 2.44 bits per heavy atom. The predicted octanol–water partition coefficient (Wildman–Crippen LogP) is -0.0151. The van der Waals surface area contributed by atoms with E-state index in [2.05, 4.69) is 23.5 Å². The smallest absolute Gasteiger partial charge is 0.211 e. The number of nitrogens with zero attached hydrogens (tertiary/aromatic N) is 1. The standard InChI is InChI=1S/C10H25N3O2S/c1-10(2)13(3)8-5-7-12-16(14,15)9-4-6-11/h10,12H,4-9,11H2,1-3H3. The Morgan fingerprint density at radius 2 is 1.94 bits per heavy atom. The van der Waals surface area contributed by atoms with E-state index in [1.54, 1.807) is 0 Å². The van der Waals surface area contributed by atoms with Gasteiger partial charge in [0.1, 0.15) is 0 Å². The summed E-state index contributed by atoms with van der Waals surface area (Å²) in [7, 11) is -1.08. The first-order valence-corrected chi connectivity index (χ1v) is 7.42. The van der Waals surface area contributed by atoms with Crippen LogP contribution in [0.25, 0.3) is 0 Å². The number of nitrogens with two attached hydrogens (primary N) is 1. The fraction of sp³-hybridized carbons (Fsp3) is 1.00. The quantitative estimate of drug-likeness (QED) is 0.565. The monoisotopic (exact) mass is 251 g/mol. The minimum Gasteiger partial charge on any atom is -0.330 e. The third kappa shape index (κ3) is 8.04. The lowest BCUT2D eigenvalue weighted by atomic mass is 10.3. The highest BCUT2D eigenvalue weighted by atomic mass is 32.2. The number of hydrogen-bond donors (Lipinski definition) is 2. The van der Waals surface area contributed by atoms with Crippen LogP contribution >= 0.6 is 0 Å². The Bertz CT molecular complexity index is 265. The fourth-order valence-electron chi connectivity index (χ4n) is 1.16. The van der Waals surface area contributed by atoms with Crippen molar-refractivity contribution in [2.75, 3.05) is 32.4 Å². The van der Waals surface area contributed by atoms with E-state index in [-0.39, 0.29) is 5.75 Å². The van der Waals surface area contributed by atoms with Gasteiger partial charge in [-0.15, -0.1) is 0 Å². The summed E-state index contributed by atoms with van der Waals surface area (Å²) in [6.45, 7) is 6.05. The van der Waals surface area contributed by atoms with Crippen LogP contribution < -0.4 is 10.5 Å². The molecule has 0 fully saturated rings. The summed E-state index contributed by atoms with van der Waals surface area (Å²) in [4.78, 5) is 2.19. The highest BCUT2D eigenvalue weighted by Gasteiger charge is 2.08. The predicted molar refractivity (Wildman–Crippen MR) is 67.8 cm³/mol. The molecular formula is C10H25N3O2S. The van der Waals surface area contributed by atoms with Crippen LogP contribution in [0.4, 0.5) is 0 Å². The van der Waals surface area contributed by atoms with E-state index in [0.717, 1.165) is 13.0 Å². The second-order valence-corrected chi connectivity index (χ2v) is 6.21. The first-order valence-electron chi connectivity index (χ1n) is 5.76. The third-order valence-electron chi connectivity index (χ3n) is 2.51. The lowest BCUT2D eigenvalue weighted by molar-refractivity contribution is 0.271. The Labute approximate surface area is 99.4 Å². The molecule has 0 aliphatic carbocycles. The summed E-state index contributed by atoms with van der Waals surface area (Å²) in [6, 6.07) is 0.494. The van der Waals surface area contributed by atoms with Crippen molar-refractivity contribution in [3.8, 4) is 0 Å². The number of hydrogen-bond acceptors (Lipinski definition) is 4. The molecule has 5 nitrogen and oxygen atoms in total. The molecule has 6 heteroatoms. The highest BCUT2D eigenvalue weighted by Crippen LogP contribution is 1.95. The molecule has 0 aliphatic heterocycles. The molecule has 98 valence electrons. The summed E-state index contributed by atoms with van der Waals surface area (Å²) >= 11 is 0. The van der Waals surface area contributed by atoms with Gasteiger partial charge in [-0.1, -0.05) is 0 Å². The number of nitrogens with one attached hydrogen (secondary N) is 1. The van der Waals surface area contributed by atoms with E-state index in [4.69, 9.17) is 5.73 Å². The van der Waals surface area contributed by atoms with E-state index in [1.165, 1.54) is 0 Å². The highest BCUT2D eigenvalue weighted by molar-refractivity contribution is 7.89. The Kier molecular flexibility index (Phi) is 7.91. The topological polar surface area (TPSA) is 75.4 Å². The second-order valence-electron chi connectivity index (χ2n) is 4.28. The number of rotatable bonds is 9. The fourth-order valence-corrected chi connectivity index (χ4v) is 2.31. The molecule has 0 radical (unpaired) electrons. The Balaban J connectivity index is 3.65. The minimum absolute atomic E-state index is 0.128. The van der Waals surface area contributed by atoms with Crippen molar-refractivity contribution in [2.45, 2.75) is 32.7 Å². The molecular weight excluding hydrogens is 226 g/mol. The SMILES string of the molecule is CC(C)N(C)CCCNS(=O)(=O)CCCN. The van der Waals surface area contributed by atoms with Crippen LogP contribution in [0.1, 0.15) is 26.7 Å². The molecule has 0 aliphatic rings.